The number of benzene rings is 1. The van der Waals surface area contributed by atoms with Gasteiger partial charge in [-0.05, 0) is 37.0 Å². The molecule has 4 heteroatoms. The summed E-state index contributed by atoms with van der Waals surface area (Å²) in [5, 5.41) is 6.00. The first-order chi connectivity index (χ1) is 8.79. The first kappa shape index (κ1) is 14.9. The first-order valence-electron chi connectivity index (χ1n) is 6.33. The average molecular weight is 266 g/mol. The molecule has 1 aromatic carbocycles. The lowest BCUT2D eigenvalue weighted by Crippen LogP contribution is -2.25. The predicted molar refractivity (Wildman–Crippen MR) is 80.6 cm³/mol. The number of hydrogen-bond acceptors (Lipinski definition) is 3. The summed E-state index contributed by atoms with van der Waals surface area (Å²) in [5.41, 5.74) is 1.58. The molecule has 1 amide bonds. The van der Waals surface area contributed by atoms with Gasteiger partial charge in [0.2, 0.25) is 0 Å². The lowest BCUT2D eigenvalue weighted by atomic mass is 10.1. The number of carbonyl (C=O) groups excluding carboxylic acids is 1. The Morgan fingerprint density at radius 2 is 2.00 bits per heavy atom. The Morgan fingerprint density at radius 1 is 1.22 bits per heavy atom. The number of nitrogens with one attached hydrogen (secondary N) is 2. The van der Waals surface area contributed by atoms with Gasteiger partial charge in [-0.1, -0.05) is 18.6 Å². The van der Waals surface area contributed by atoms with Crippen molar-refractivity contribution in [3.63, 3.8) is 0 Å². The molecule has 0 saturated heterocycles. The van der Waals surface area contributed by atoms with E-state index >= 15 is 0 Å². The summed E-state index contributed by atoms with van der Waals surface area (Å²) in [6, 6.07) is 7.56. The second-order valence-electron chi connectivity index (χ2n) is 4.10. The van der Waals surface area contributed by atoms with Crippen molar-refractivity contribution in [1.29, 1.82) is 0 Å². The van der Waals surface area contributed by atoms with Crippen LogP contribution < -0.4 is 10.6 Å². The number of para-hydroxylation sites is 1. The quantitative estimate of drug-likeness (QED) is 0.711. The van der Waals surface area contributed by atoms with Gasteiger partial charge in [0.05, 0.1) is 5.56 Å². The SMILES string of the molecule is CNc1ccccc1C(=O)NCCCCCSC. The van der Waals surface area contributed by atoms with Crippen LogP contribution in [0.1, 0.15) is 29.6 Å². The van der Waals surface area contributed by atoms with Crippen LogP contribution in [-0.4, -0.2) is 31.5 Å². The van der Waals surface area contributed by atoms with Crippen LogP contribution in [0.3, 0.4) is 0 Å². The average Bonchev–Trinajstić information content (AvgIpc) is 2.42. The topological polar surface area (TPSA) is 41.1 Å². The summed E-state index contributed by atoms with van der Waals surface area (Å²) in [6.07, 6.45) is 5.57. The van der Waals surface area contributed by atoms with Crippen LogP contribution >= 0.6 is 11.8 Å². The molecule has 0 saturated carbocycles. The molecule has 0 unspecified atom stereocenters. The van der Waals surface area contributed by atoms with Crippen molar-refractivity contribution in [2.24, 2.45) is 0 Å². The fraction of sp³-hybridized carbons (Fsp3) is 0.500. The number of carbonyl (C=O) groups is 1. The summed E-state index contributed by atoms with van der Waals surface area (Å²) in [7, 11) is 1.83. The van der Waals surface area contributed by atoms with E-state index in [0.29, 0.717) is 5.56 Å². The zero-order valence-electron chi connectivity index (χ0n) is 11.2. The predicted octanol–water partition coefficient (Wildman–Crippen LogP) is 2.99. The number of hydrogen-bond donors (Lipinski definition) is 2. The molecular weight excluding hydrogens is 244 g/mol. The Kier molecular flexibility index (Phi) is 7.34. The number of anilines is 1. The monoisotopic (exact) mass is 266 g/mol. The van der Waals surface area contributed by atoms with Gasteiger partial charge in [-0.15, -0.1) is 0 Å². The lowest BCUT2D eigenvalue weighted by molar-refractivity contribution is 0.0954. The van der Waals surface area contributed by atoms with Gasteiger partial charge in [-0.3, -0.25) is 4.79 Å². The molecule has 0 spiro atoms. The van der Waals surface area contributed by atoms with Crippen molar-refractivity contribution >= 4 is 23.4 Å². The largest absolute Gasteiger partial charge is 0.387 e. The van der Waals surface area contributed by atoms with Crippen LogP contribution in [-0.2, 0) is 0 Å². The van der Waals surface area contributed by atoms with Gasteiger partial charge in [-0.2, -0.15) is 11.8 Å². The lowest BCUT2D eigenvalue weighted by Gasteiger charge is -2.09. The van der Waals surface area contributed by atoms with Gasteiger partial charge in [-0.25, -0.2) is 0 Å². The third kappa shape index (κ3) is 5.00. The Labute approximate surface area is 114 Å². The van der Waals surface area contributed by atoms with Crippen molar-refractivity contribution < 1.29 is 4.79 Å². The third-order valence-electron chi connectivity index (χ3n) is 2.75. The van der Waals surface area contributed by atoms with Gasteiger partial charge in [0.1, 0.15) is 0 Å². The third-order valence-corrected chi connectivity index (χ3v) is 3.45. The van der Waals surface area contributed by atoms with E-state index < -0.39 is 0 Å². The second-order valence-corrected chi connectivity index (χ2v) is 5.09. The van der Waals surface area contributed by atoms with Crippen LogP contribution in [0.15, 0.2) is 24.3 Å². The summed E-state index contributed by atoms with van der Waals surface area (Å²) in [4.78, 5) is 12.0. The van der Waals surface area contributed by atoms with Gasteiger partial charge in [0.15, 0.2) is 0 Å². The molecule has 0 fully saturated rings. The van der Waals surface area contributed by atoms with Crippen LogP contribution in [0, 0.1) is 0 Å². The van der Waals surface area contributed by atoms with Crippen LogP contribution in [0.25, 0.3) is 0 Å². The van der Waals surface area contributed by atoms with E-state index in [0.717, 1.165) is 18.7 Å². The Hall–Kier alpha value is -1.16. The molecule has 0 aliphatic heterocycles. The fourth-order valence-electron chi connectivity index (χ4n) is 1.74. The molecule has 0 atom stereocenters. The molecule has 100 valence electrons. The second kappa shape index (κ2) is 8.86. The van der Waals surface area contributed by atoms with Gasteiger partial charge >= 0.3 is 0 Å². The van der Waals surface area contributed by atoms with Gasteiger partial charge < -0.3 is 10.6 Å². The minimum absolute atomic E-state index is 0.00446. The minimum Gasteiger partial charge on any atom is -0.387 e. The van der Waals surface area contributed by atoms with E-state index in [1.165, 1.54) is 18.6 Å². The molecule has 0 aliphatic rings. The molecule has 1 aromatic rings. The fourth-order valence-corrected chi connectivity index (χ4v) is 2.24. The Morgan fingerprint density at radius 3 is 2.72 bits per heavy atom. The van der Waals surface area contributed by atoms with E-state index in [1.807, 2.05) is 43.1 Å². The van der Waals surface area contributed by atoms with Crippen molar-refractivity contribution in [2.45, 2.75) is 19.3 Å². The van der Waals surface area contributed by atoms with Crippen molar-refractivity contribution in [3.8, 4) is 0 Å². The van der Waals surface area contributed by atoms with Crippen LogP contribution in [0.5, 0.6) is 0 Å². The molecule has 0 bridgehead atoms. The molecule has 0 radical (unpaired) electrons. The molecule has 0 heterocycles. The highest BCUT2D eigenvalue weighted by Crippen LogP contribution is 2.13. The number of thioether (sulfide) groups is 1. The number of unbranched alkanes of at least 4 members (excludes halogenated alkanes) is 2. The van der Waals surface area contributed by atoms with Gasteiger partial charge in [0, 0.05) is 19.3 Å². The summed E-state index contributed by atoms with van der Waals surface area (Å²) in [6.45, 7) is 0.755. The summed E-state index contributed by atoms with van der Waals surface area (Å²) >= 11 is 1.87. The number of rotatable bonds is 8. The molecule has 2 N–H and O–H groups in total. The maximum absolute atomic E-state index is 12.0. The summed E-state index contributed by atoms with van der Waals surface area (Å²) < 4.78 is 0. The summed E-state index contributed by atoms with van der Waals surface area (Å²) in [5.74, 6) is 1.21. The van der Waals surface area contributed by atoms with Gasteiger partial charge in [0.25, 0.3) is 5.91 Å². The molecule has 0 aromatic heterocycles. The van der Waals surface area contributed by atoms with Crippen LogP contribution in [0.2, 0.25) is 0 Å². The smallest absolute Gasteiger partial charge is 0.253 e. The maximum Gasteiger partial charge on any atom is 0.253 e. The highest BCUT2D eigenvalue weighted by atomic mass is 32.2. The molecule has 18 heavy (non-hydrogen) atoms. The highest BCUT2D eigenvalue weighted by molar-refractivity contribution is 7.98. The normalized spacial score (nSPS) is 10.1. The zero-order valence-corrected chi connectivity index (χ0v) is 12.0. The van der Waals surface area contributed by atoms with Crippen molar-refractivity contribution in [2.75, 3.05) is 30.9 Å². The van der Waals surface area contributed by atoms with E-state index in [9.17, 15) is 4.79 Å². The highest BCUT2D eigenvalue weighted by Gasteiger charge is 2.08. The standard InChI is InChI=1S/C14H22N2OS/c1-15-13-9-5-4-8-12(13)14(17)16-10-6-3-7-11-18-2/h4-5,8-9,15H,3,6-7,10-11H2,1-2H3,(H,16,17). The molecule has 1 rings (SSSR count). The molecule has 3 nitrogen and oxygen atoms in total. The van der Waals surface area contributed by atoms with E-state index in [2.05, 4.69) is 16.9 Å². The van der Waals surface area contributed by atoms with Crippen LogP contribution in [0.4, 0.5) is 5.69 Å². The van der Waals surface area contributed by atoms with Crippen molar-refractivity contribution in [3.05, 3.63) is 29.8 Å². The Bertz CT molecular complexity index is 369. The van der Waals surface area contributed by atoms with E-state index in [4.69, 9.17) is 0 Å². The Balaban J connectivity index is 2.32. The molecular formula is C14H22N2OS. The van der Waals surface area contributed by atoms with Crippen molar-refractivity contribution in [1.82, 2.24) is 5.32 Å². The maximum atomic E-state index is 12.0. The van der Waals surface area contributed by atoms with E-state index in [1.54, 1.807) is 0 Å². The van der Waals surface area contributed by atoms with E-state index in [-0.39, 0.29) is 5.91 Å². The first-order valence-corrected chi connectivity index (χ1v) is 7.73. The minimum atomic E-state index is 0.00446. The molecule has 0 aliphatic carbocycles. The number of amides is 1. The zero-order chi connectivity index (χ0) is 13.2.